The Morgan fingerprint density at radius 3 is 2.56 bits per heavy atom. The largest absolute Gasteiger partial charge is 0.454 e. The monoisotopic (exact) mass is 327 g/mol. The van der Waals surface area contributed by atoms with Gasteiger partial charge in [0, 0.05) is 0 Å². The molecular formula is C13H14INO. The molecule has 3 heteroatoms. The number of furan rings is 1. The molecular weight excluding hydrogens is 313 g/mol. The lowest BCUT2D eigenvalue weighted by Gasteiger charge is -2.02. The van der Waals surface area contributed by atoms with Crippen molar-refractivity contribution >= 4 is 22.6 Å². The van der Waals surface area contributed by atoms with Gasteiger partial charge in [-0.1, -0.05) is 30.3 Å². The summed E-state index contributed by atoms with van der Waals surface area (Å²) in [4.78, 5) is 0. The van der Waals surface area contributed by atoms with E-state index in [-0.39, 0.29) is 0 Å². The Morgan fingerprint density at radius 1 is 1.06 bits per heavy atom. The van der Waals surface area contributed by atoms with Gasteiger partial charge in [0.2, 0.25) is 0 Å². The van der Waals surface area contributed by atoms with Crippen molar-refractivity contribution in [2.24, 2.45) is 0 Å². The lowest BCUT2D eigenvalue weighted by molar-refractivity contribution is 0.464. The van der Waals surface area contributed by atoms with Gasteiger partial charge >= 0.3 is 0 Å². The highest BCUT2D eigenvalue weighted by Crippen LogP contribution is 2.09. The van der Waals surface area contributed by atoms with E-state index in [0.717, 1.165) is 29.0 Å². The normalized spacial score (nSPS) is 10.6. The van der Waals surface area contributed by atoms with Crippen LogP contribution in [0.5, 0.6) is 0 Å². The number of hydrogen-bond donors (Lipinski definition) is 1. The van der Waals surface area contributed by atoms with Gasteiger partial charge in [0.15, 0.2) is 3.77 Å². The Kier molecular flexibility index (Phi) is 4.42. The molecule has 0 saturated heterocycles. The van der Waals surface area contributed by atoms with E-state index in [1.54, 1.807) is 0 Å². The maximum Gasteiger partial charge on any atom is 0.164 e. The first-order valence-corrected chi connectivity index (χ1v) is 6.41. The maximum atomic E-state index is 5.46. The summed E-state index contributed by atoms with van der Waals surface area (Å²) in [5, 5.41) is 3.37. The minimum absolute atomic E-state index is 0.801. The standard InChI is InChI=1S/C13H14INO/c14-13-7-6-12(16-13)10-15-9-8-11-4-2-1-3-5-11/h1-7,15H,8-10H2. The Bertz CT molecular complexity index is 425. The molecule has 1 heterocycles. The van der Waals surface area contributed by atoms with Crippen LogP contribution in [-0.4, -0.2) is 6.54 Å². The van der Waals surface area contributed by atoms with Gasteiger partial charge in [-0.05, 0) is 53.3 Å². The third kappa shape index (κ3) is 3.64. The molecule has 0 unspecified atom stereocenters. The van der Waals surface area contributed by atoms with E-state index in [4.69, 9.17) is 4.42 Å². The predicted octanol–water partition coefficient (Wildman–Crippen LogP) is 3.22. The Labute approximate surface area is 109 Å². The van der Waals surface area contributed by atoms with Crippen molar-refractivity contribution in [3.05, 3.63) is 57.6 Å². The van der Waals surface area contributed by atoms with Crippen LogP contribution in [-0.2, 0) is 13.0 Å². The summed E-state index contributed by atoms with van der Waals surface area (Å²) < 4.78 is 6.40. The van der Waals surface area contributed by atoms with Crippen LogP contribution in [0.1, 0.15) is 11.3 Å². The molecule has 84 valence electrons. The first-order chi connectivity index (χ1) is 7.84. The van der Waals surface area contributed by atoms with Crippen molar-refractivity contribution in [3.8, 4) is 0 Å². The van der Waals surface area contributed by atoms with Crippen LogP contribution < -0.4 is 5.32 Å². The van der Waals surface area contributed by atoms with Crippen LogP contribution in [0.3, 0.4) is 0 Å². The molecule has 2 aromatic rings. The van der Waals surface area contributed by atoms with Gasteiger partial charge in [-0.2, -0.15) is 0 Å². The van der Waals surface area contributed by atoms with E-state index in [1.807, 2.05) is 18.2 Å². The molecule has 16 heavy (non-hydrogen) atoms. The molecule has 0 radical (unpaired) electrons. The third-order valence-corrected chi connectivity index (χ3v) is 2.94. The number of benzene rings is 1. The van der Waals surface area contributed by atoms with Gasteiger partial charge in [0.05, 0.1) is 6.54 Å². The second-order valence-electron chi connectivity index (χ2n) is 3.62. The summed E-state index contributed by atoms with van der Waals surface area (Å²) in [5.74, 6) is 0.998. The van der Waals surface area contributed by atoms with Gasteiger partial charge in [-0.3, -0.25) is 0 Å². The Morgan fingerprint density at radius 2 is 1.88 bits per heavy atom. The molecule has 2 rings (SSSR count). The van der Waals surface area contributed by atoms with E-state index in [9.17, 15) is 0 Å². The quantitative estimate of drug-likeness (QED) is 0.674. The summed E-state index contributed by atoms with van der Waals surface area (Å²) >= 11 is 2.18. The number of rotatable bonds is 5. The van der Waals surface area contributed by atoms with Crippen LogP contribution in [0.15, 0.2) is 46.9 Å². The molecule has 0 spiro atoms. The molecule has 1 aromatic heterocycles. The second kappa shape index (κ2) is 6.06. The summed E-state index contributed by atoms with van der Waals surface area (Å²) in [6.45, 7) is 1.77. The van der Waals surface area contributed by atoms with Gasteiger partial charge in [0.25, 0.3) is 0 Å². The van der Waals surface area contributed by atoms with Crippen LogP contribution in [0.25, 0.3) is 0 Å². The van der Waals surface area contributed by atoms with E-state index in [2.05, 4.69) is 52.2 Å². The second-order valence-corrected chi connectivity index (χ2v) is 4.68. The molecule has 1 aromatic carbocycles. The molecule has 0 fully saturated rings. The first-order valence-electron chi connectivity index (χ1n) is 5.33. The van der Waals surface area contributed by atoms with Crippen LogP contribution >= 0.6 is 22.6 Å². The summed E-state index contributed by atoms with van der Waals surface area (Å²) in [5.41, 5.74) is 1.36. The average Bonchev–Trinajstić information content (AvgIpc) is 2.72. The fourth-order valence-corrected chi connectivity index (χ4v) is 2.00. The van der Waals surface area contributed by atoms with E-state index in [0.29, 0.717) is 0 Å². The number of nitrogens with one attached hydrogen (secondary N) is 1. The summed E-state index contributed by atoms with van der Waals surface area (Å²) in [6.07, 6.45) is 1.05. The molecule has 0 aliphatic carbocycles. The van der Waals surface area contributed by atoms with Crippen molar-refractivity contribution in [1.82, 2.24) is 5.32 Å². The van der Waals surface area contributed by atoms with Crippen LogP contribution in [0.4, 0.5) is 0 Å². The average molecular weight is 327 g/mol. The van der Waals surface area contributed by atoms with Crippen LogP contribution in [0, 0.1) is 3.77 Å². The highest BCUT2D eigenvalue weighted by atomic mass is 127. The molecule has 0 aliphatic rings. The molecule has 1 N–H and O–H groups in total. The van der Waals surface area contributed by atoms with E-state index < -0.39 is 0 Å². The van der Waals surface area contributed by atoms with Gasteiger partial charge in [0.1, 0.15) is 5.76 Å². The van der Waals surface area contributed by atoms with Crippen molar-refractivity contribution in [3.63, 3.8) is 0 Å². The first kappa shape index (κ1) is 11.7. The number of halogens is 1. The van der Waals surface area contributed by atoms with Crippen molar-refractivity contribution in [1.29, 1.82) is 0 Å². The fourth-order valence-electron chi connectivity index (χ4n) is 1.54. The predicted molar refractivity (Wildman–Crippen MR) is 73.3 cm³/mol. The summed E-state index contributed by atoms with van der Waals surface area (Å²) in [7, 11) is 0. The molecule has 0 atom stereocenters. The smallest absolute Gasteiger partial charge is 0.164 e. The zero-order valence-electron chi connectivity index (χ0n) is 8.95. The zero-order chi connectivity index (χ0) is 11.2. The highest BCUT2D eigenvalue weighted by Gasteiger charge is 1.98. The van der Waals surface area contributed by atoms with Crippen molar-refractivity contribution in [2.75, 3.05) is 6.54 Å². The number of hydrogen-bond acceptors (Lipinski definition) is 2. The highest BCUT2D eigenvalue weighted by molar-refractivity contribution is 14.1. The van der Waals surface area contributed by atoms with Crippen molar-refractivity contribution in [2.45, 2.75) is 13.0 Å². The molecule has 0 saturated carbocycles. The van der Waals surface area contributed by atoms with Gasteiger partial charge < -0.3 is 9.73 Å². The fraction of sp³-hybridized carbons (Fsp3) is 0.231. The van der Waals surface area contributed by atoms with Gasteiger partial charge in [-0.15, -0.1) is 0 Å². The molecule has 0 bridgehead atoms. The van der Waals surface area contributed by atoms with E-state index >= 15 is 0 Å². The molecule has 0 amide bonds. The Hall–Kier alpha value is -0.810. The lowest BCUT2D eigenvalue weighted by atomic mass is 10.1. The SMILES string of the molecule is Ic1ccc(CNCCc2ccccc2)o1. The molecule has 0 aliphatic heterocycles. The Balaban J connectivity index is 1.69. The minimum atomic E-state index is 0.801. The molecule has 2 nitrogen and oxygen atoms in total. The summed E-state index contributed by atoms with van der Waals surface area (Å²) in [6, 6.07) is 14.5. The lowest BCUT2D eigenvalue weighted by Crippen LogP contribution is -2.16. The van der Waals surface area contributed by atoms with Gasteiger partial charge in [-0.25, -0.2) is 0 Å². The topological polar surface area (TPSA) is 25.2 Å². The zero-order valence-corrected chi connectivity index (χ0v) is 11.1. The van der Waals surface area contributed by atoms with Crippen LogP contribution in [0.2, 0.25) is 0 Å². The van der Waals surface area contributed by atoms with Crippen molar-refractivity contribution < 1.29 is 4.42 Å². The third-order valence-electron chi connectivity index (χ3n) is 2.36. The minimum Gasteiger partial charge on any atom is -0.454 e. The maximum absolute atomic E-state index is 5.46. The van der Waals surface area contributed by atoms with E-state index in [1.165, 1.54) is 5.56 Å².